The smallest absolute Gasteiger partial charge is 0.341 e. The Morgan fingerprint density at radius 1 is 1.16 bits per heavy atom. The van der Waals surface area contributed by atoms with Crippen LogP contribution in [0.5, 0.6) is 0 Å². The van der Waals surface area contributed by atoms with E-state index in [0.717, 1.165) is 22.4 Å². The monoisotopic (exact) mass is 453 g/mol. The Morgan fingerprint density at radius 3 is 2.55 bits per heavy atom. The molecule has 2 aromatic carbocycles. The molecular weight excluding hydrogens is 430 g/mol. The van der Waals surface area contributed by atoms with E-state index in [1.54, 1.807) is 6.92 Å². The largest absolute Gasteiger partial charge is 0.462 e. The molecule has 1 aromatic heterocycles. The van der Waals surface area contributed by atoms with Crippen LogP contribution in [-0.4, -0.2) is 18.5 Å². The maximum Gasteiger partial charge on any atom is 0.341 e. The average molecular weight is 454 g/mol. The number of ether oxygens (including phenoxy) is 1. The number of rotatable bonds is 7. The van der Waals surface area contributed by atoms with Crippen molar-refractivity contribution in [2.45, 2.75) is 32.1 Å². The number of carbonyl (C=O) groups is 2. The van der Waals surface area contributed by atoms with Gasteiger partial charge in [-0.25, -0.2) is 4.79 Å². The molecule has 4 nitrogen and oxygen atoms in total. The van der Waals surface area contributed by atoms with Crippen molar-refractivity contribution in [3.63, 3.8) is 0 Å². The fourth-order valence-corrected chi connectivity index (χ4v) is 5.01. The van der Waals surface area contributed by atoms with Gasteiger partial charge in [0, 0.05) is 21.7 Å². The first kappa shape index (κ1) is 21.6. The van der Waals surface area contributed by atoms with Gasteiger partial charge in [-0.2, -0.15) is 0 Å². The molecule has 1 amide bonds. The van der Waals surface area contributed by atoms with Crippen molar-refractivity contribution >= 4 is 39.8 Å². The van der Waals surface area contributed by atoms with E-state index in [1.165, 1.54) is 11.3 Å². The predicted octanol–water partition coefficient (Wildman–Crippen LogP) is 6.47. The van der Waals surface area contributed by atoms with Gasteiger partial charge in [-0.1, -0.05) is 61.0 Å². The van der Waals surface area contributed by atoms with Crippen molar-refractivity contribution in [2.75, 3.05) is 11.9 Å². The highest BCUT2D eigenvalue weighted by Crippen LogP contribution is 2.48. The molecule has 0 aliphatic heterocycles. The Balaban J connectivity index is 1.54. The van der Waals surface area contributed by atoms with E-state index < -0.39 is 5.97 Å². The van der Waals surface area contributed by atoms with Crippen LogP contribution in [0.1, 0.15) is 58.5 Å². The fourth-order valence-electron chi connectivity index (χ4n) is 3.75. The standard InChI is InChI=1S/C25H24ClNO3S/c1-3-30-25(29)21-14-22(15(2)16-7-5-4-6-8-16)31-24(21)27-23(28)20-13-19(20)17-9-11-18(26)12-10-17/h4-12,14-15,19-20H,3,13H2,1-2H3,(H,27,28)/t15-,19-,20-/m1/s1. The Labute approximate surface area is 191 Å². The van der Waals surface area contributed by atoms with Crippen LogP contribution < -0.4 is 5.32 Å². The molecule has 1 fully saturated rings. The minimum Gasteiger partial charge on any atom is -0.462 e. The first-order valence-corrected chi connectivity index (χ1v) is 11.6. The van der Waals surface area contributed by atoms with Crippen LogP contribution in [0, 0.1) is 5.92 Å². The summed E-state index contributed by atoms with van der Waals surface area (Å²) in [6, 6.07) is 19.6. The van der Waals surface area contributed by atoms with E-state index in [1.807, 2.05) is 48.5 Å². The summed E-state index contributed by atoms with van der Waals surface area (Å²) < 4.78 is 5.23. The number of anilines is 1. The molecule has 6 heteroatoms. The van der Waals surface area contributed by atoms with Gasteiger partial charge < -0.3 is 10.1 Å². The van der Waals surface area contributed by atoms with Gasteiger partial charge in [0.15, 0.2) is 0 Å². The molecule has 0 unspecified atom stereocenters. The summed E-state index contributed by atoms with van der Waals surface area (Å²) >= 11 is 7.41. The number of thiophene rings is 1. The van der Waals surface area contributed by atoms with Crippen molar-refractivity contribution in [1.29, 1.82) is 0 Å². The molecule has 31 heavy (non-hydrogen) atoms. The molecule has 3 aromatic rings. The molecule has 1 aliphatic rings. The van der Waals surface area contributed by atoms with Gasteiger partial charge in [-0.15, -0.1) is 11.3 Å². The molecule has 0 spiro atoms. The van der Waals surface area contributed by atoms with Crippen LogP contribution in [0.25, 0.3) is 0 Å². The SMILES string of the molecule is CCOC(=O)c1cc([C@H](C)c2ccccc2)sc1NC(=O)[C@@H]1C[C@@H]1c1ccc(Cl)cc1. The van der Waals surface area contributed by atoms with E-state index >= 15 is 0 Å². The minimum absolute atomic E-state index is 0.0636. The highest BCUT2D eigenvalue weighted by atomic mass is 35.5. The van der Waals surface area contributed by atoms with Gasteiger partial charge in [0.2, 0.25) is 5.91 Å². The number of esters is 1. The van der Waals surface area contributed by atoms with Crippen molar-refractivity contribution < 1.29 is 14.3 Å². The van der Waals surface area contributed by atoms with E-state index in [4.69, 9.17) is 16.3 Å². The number of halogens is 1. The first-order valence-electron chi connectivity index (χ1n) is 10.4. The number of benzene rings is 2. The lowest BCUT2D eigenvalue weighted by Gasteiger charge is -2.09. The zero-order valence-electron chi connectivity index (χ0n) is 17.4. The minimum atomic E-state index is -0.411. The van der Waals surface area contributed by atoms with Gasteiger partial charge in [-0.05, 0) is 48.6 Å². The number of nitrogens with one attached hydrogen (secondary N) is 1. The molecule has 1 N–H and O–H groups in total. The zero-order valence-corrected chi connectivity index (χ0v) is 19.0. The molecule has 0 radical (unpaired) electrons. The summed E-state index contributed by atoms with van der Waals surface area (Å²) in [5.41, 5.74) is 2.68. The van der Waals surface area contributed by atoms with Crippen molar-refractivity contribution in [1.82, 2.24) is 0 Å². The molecule has 4 rings (SSSR count). The second kappa shape index (κ2) is 9.25. The fraction of sp³-hybridized carbons (Fsp3) is 0.280. The summed E-state index contributed by atoms with van der Waals surface area (Å²) in [5.74, 6) is -0.288. The predicted molar refractivity (Wildman–Crippen MR) is 125 cm³/mol. The van der Waals surface area contributed by atoms with E-state index in [2.05, 4.69) is 24.4 Å². The summed E-state index contributed by atoms with van der Waals surface area (Å²) in [7, 11) is 0. The number of carbonyl (C=O) groups excluding carboxylic acids is 2. The van der Waals surface area contributed by atoms with Crippen molar-refractivity contribution in [2.24, 2.45) is 5.92 Å². The third kappa shape index (κ3) is 4.83. The Morgan fingerprint density at radius 2 is 1.87 bits per heavy atom. The van der Waals surface area contributed by atoms with Gasteiger partial charge in [0.1, 0.15) is 5.00 Å². The Bertz CT molecular complexity index is 1080. The van der Waals surface area contributed by atoms with Gasteiger partial charge >= 0.3 is 5.97 Å². The molecule has 0 saturated heterocycles. The summed E-state index contributed by atoms with van der Waals surface area (Å²) in [6.07, 6.45) is 0.793. The molecule has 160 valence electrons. The number of amides is 1. The third-order valence-corrected chi connectivity index (χ3v) is 7.12. The number of hydrogen-bond acceptors (Lipinski definition) is 4. The Hall–Kier alpha value is -2.63. The maximum absolute atomic E-state index is 12.9. The number of hydrogen-bond donors (Lipinski definition) is 1. The van der Waals surface area contributed by atoms with Crippen LogP contribution in [0.3, 0.4) is 0 Å². The third-order valence-electron chi connectivity index (χ3n) is 5.63. The van der Waals surface area contributed by atoms with Crippen LogP contribution in [-0.2, 0) is 9.53 Å². The van der Waals surface area contributed by atoms with Crippen LogP contribution in [0.4, 0.5) is 5.00 Å². The van der Waals surface area contributed by atoms with Crippen molar-refractivity contribution in [3.8, 4) is 0 Å². The first-order chi connectivity index (χ1) is 15.0. The van der Waals surface area contributed by atoms with Crippen LogP contribution in [0.2, 0.25) is 5.02 Å². The normalized spacial score (nSPS) is 18.3. The lowest BCUT2D eigenvalue weighted by molar-refractivity contribution is -0.117. The van der Waals surface area contributed by atoms with E-state index in [9.17, 15) is 9.59 Å². The molecule has 1 aliphatic carbocycles. The summed E-state index contributed by atoms with van der Waals surface area (Å²) in [6.45, 7) is 4.16. The highest BCUT2D eigenvalue weighted by Gasteiger charge is 2.44. The maximum atomic E-state index is 12.9. The summed E-state index contributed by atoms with van der Waals surface area (Å²) in [5, 5.41) is 4.24. The lowest BCUT2D eigenvalue weighted by Crippen LogP contribution is -2.16. The van der Waals surface area contributed by atoms with E-state index in [-0.39, 0.29) is 30.3 Å². The van der Waals surface area contributed by atoms with Gasteiger partial charge in [-0.3, -0.25) is 4.79 Å². The van der Waals surface area contributed by atoms with Gasteiger partial charge in [0.25, 0.3) is 0 Å². The molecule has 1 heterocycles. The average Bonchev–Trinajstić information content (AvgIpc) is 3.47. The van der Waals surface area contributed by atoms with E-state index in [0.29, 0.717) is 15.6 Å². The molecule has 0 bridgehead atoms. The second-order valence-corrected chi connectivity index (χ2v) is 9.25. The summed E-state index contributed by atoms with van der Waals surface area (Å²) in [4.78, 5) is 26.5. The van der Waals surface area contributed by atoms with Crippen LogP contribution >= 0.6 is 22.9 Å². The Kier molecular flexibility index (Phi) is 6.44. The van der Waals surface area contributed by atoms with Gasteiger partial charge in [0.05, 0.1) is 12.2 Å². The quantitative estimate of drug-likeness (QED) is 0.417. The molecular formula is C25H24ClNO3S. The highest BCUT2D eigenvalue weighted by molar-refractivity contribution is 7.16. The second-order valence-electron chi connectivity index (χ2n) is 7.73. The molecule has 3 atom stereocenters. The zero-order chi connectivity index (χ0) is 22.0. The van der Waals surface area contributed by atoms with Crippen LogP contribution in [0.15, 0.2) is 60.7 Å². The topological polar surface area (TPSA) is 55.4 Å². The molecule has 1 saturated carbocycles. The van der Waals surface area contributed by atoms with Crippen molar-refractivity contribution in [3.05, 3.63) is 87.3 Å². The lowest BCUT2D eigenvalue weighted by atomic mass is 9.99.